The standard InChI is InChI=1S/C18H23NO/c1-3-20-18-9-7-17(8-10-18)14-19-12-11-16-6-4-5-15(2)13-16/h4-10,13,19H,3,11-12,14H2,1-2H3. The van der Waals surface area contributed by atoms with Crippen molar-refractivity contribution >= 4 is 0 Å². The highest BCUT2D eigenvalue weighted by atomic mass is 16.5. The van der Waals surface area contributed by atoms with Crippen LogP contribution in [0.25, 0.3) is 0 Å². The number of aryl methyl sites for hydroxylation is 1. The Balaban J connectivity index is 1.73. The summed E-state index contributed by atoms with van der Waals surface area (Å²) in [5.74, 6) is 0.941. The highest BCUT2D eigenvalue weighted by molar-refractivity contribution is 5.27. The molecule has 0 aliphatic heterocycles. The molecule has 2 heteroatoms. The van der Waals surface area contributed by atoms with Crippen LogP contribution in [0.3, 0.4) is 0 Å². The molecule has 1 N–H and O–H groups in total. The predicted octanol–water partition coefficient (Wildman–Crippen LogP) is 3.73. The summed E-state index contributed by atoms with van der Waals surface area (Å²) in [6.07, 6.45) is 1.07. The van der Waals surface area contributed by atoms with Crippen LogP contribution in [0.4, 0.5) is 0 Å². The molecule has 0 aliphatic carbocycles. The van der Waals surface area contributed by atoms with E-state index in [-0.39, 0.29) is 0 Å². The van der Waals surface area contributed by atoms with E-state index in [1.165, 1.54) is 16.7 Å². The van der Waals surface area contributed by atoms with Crippen LogP contribution in [0, 0.1) is 6.92 Å². The highest BCUT2D eigenvalue weighted by Gasteiger charge is 1.96. The Morgan fingerprint density at radius 1 is 1.00 bits per heavy atom. The Labute approximate surface area is 121 Å². The molecule has 0 saturated carbocycles. The predicted molar refractivity (Wildman–Crippen MR) is 84.2 cm³/mol. The van der Waals surface area contributed by atoms with Crippen molar-refractivity contribution in [3.8, 4) is 5.75 Å². The summed E-state index contributed by atoms with van der Waals surface area (Å²) >= 11 is 0. The van der Waals surface area contributed by atoms with Gasteiger partial charge in [0.15, 0.2) is 0 Å². The van der Waals surface area contributed by atoms with Crippen molar-refractivity contribution in [2.45, 2.75) is 26.8 Å². The third kappa shape index (κ3) is 4.71. The first-order chi connectivity index (χ1) is 9.78. The lowest BCUT2D eigenvalue weighted by atomic mass is 10.1. The van der Waals surface area contributed by atoms with E-state index in [1.807, 2.05) is 19.1 Å². The van der Waals surface area contributed by atoms with Crippen LogP contribution in [0.5, 0.6) is 5.75 Å². The lowest BCUT2D eigenvalue weighted by Gasteiger charge is -2.07. The van der Waals surface area contributed by atoms with Crippen molar-refractivity contribution in [1.82, 2.24) is 5.32 Å². The van der Waals surface area contributed by atoms with Crippen molar-refractivity contribution in [2.24, 2.45) is 0 Å². The van der Waals surface area contributed by atoms with Gasteiger partial charge in [-0.25, -0.2) is 0 Å². The van der Waals surface area contributed by atoms with Crippen molar-refractivity contribution in [3.63, 3.8) is 0 Å². The number of ether oxygens (including phenoxy) is 1. The SMILES string of the molecule is CCOc1ccc(CNCCc2cccc(C)c2)cc1. The first kappa shape index (κ1) is 14.6. The molecule has 20 heavy (non-hydrogen) atoms. The molecule has 0 saturated heterocycles. The molecule has 0 aliphatic rings. The van der Waals surface area contributed by atoms with E-state index in [0.29, 0.717) is 6.61 Å². The maximum atomic E-state index is 5.44. The lowest BCUT2D eigenvalue weighted by molar-refractivity contribution is 0.340. The van der Waals surface area contributed by atoms with Gasteiger partial charge in [0.05, 0.1) is 6.61 Å². The summed E-state index contributed by atoms with van der Waals surface area (Å²) in [6, 6.07) is 17.0. The molecule has 106 valence electrons. The average Bonchev–Trinajstić information content (AvgIpc) is 2.46. The lowest BCUT2D eigenvalue weighted by Crippen LogP contribution is -2.16. The second-order valence-electron chi connectivity index (χ2n) is 4.99. The number of nitrogens with one attached hydrogen (secondary N) is 1. The van der Waals surface area contributed by atoms with Crippen LogP contribution < -0.4 is 10.1 Å². The number of hydrogen-bond donors (Lipinski definition) is 1. The summed E-state index contributed by atoms with van der Waals surface area (Å²) in [4.78, 5) is 0. The van der Waals surface area contributed by atoms with E-state index in [1.54, 1.807) is 0 Å². The van der Waals surface area contributed by atoms with Crippen LogP contribution in [-0.2, 0) is 13.0 Å². The third-order valence-electron chi connectivity index (χ3n) is 3.24. The van der Waals surface area contributed by atoms with Crippen molar-refractivity contribution in [3.05, 3.63) is 65.2 Å². The average molecular weight is 269 g/mol. The Hall–Kier alpha value is -1.80. The Morgan fingerprint density at radius 2 is 1.80 bits per heavy atom. The van der Waals surface area contributed by atoms with Crippen LogP contribution in [0.2, 0.25) is 0 Å². The number of benzene rings is 2. The molecular formula is C18H23NO. The zero-order valence-electron chi connectivity index (χ0n) is 12.4. The third-order valence-corrected chi connectivity index (χ3v) is 3.24. The number of rotatable bonds is 7. The number of hydrogen-bond acceptors (Lipinski definition) is 2. The molecule has 2 rings (SSSR count). The molecule has 2 aromatic rings. The minimum absolute atomic E-state index is 0.716. The van der Waals surface area contributed by atoms with Gasteiger partial charge in [-0.3, -0.25) is 0 Å². The molecule has 0 unspecified atom stereocenters. The molecule has 0 atom stereocenters. The van der Waals surface area contributed by atoms with Gasteiger partial charge in [0.2, 0.25) is 0 Å². The molecule has 0 aromatic heterocycles. The summed E-state index contributed by atoms with van der Waals surface area (Å²) in [5.41, 5.74) is 4.01. The van der Waals surface area contributed by atoms with Gasteiger partial charge in [0, 0.05) is 6.54 Å². The van der Waals surface area contributed by atoms with Gasteiger partial charge in [-0.15, -0.1) is 0 Å². The molecule has 0 fully saturated rings. The van der Waals surface area contributed by atoms with Gasteiger partial charge in [-0.1, -0.05) is 42.0 Å². The van der Waals surface area contributed by atoms with Crippen LogP contribution in [0.15, 0.2) is 48.5 Å². The van der Waals surface area contributed by atoms with Gasteiger partial charge in [-0.2, -0.15) is 0 Å². The molecule has 0 bridgehead atoms. The smallest absolute Gasteiger partial charge is 0.119 e. The normalized spacial score (nSPS) is 10.5. The van der Waals surface area contributed by atoms with Gasteiger partial charge >= 0.3 is 0 Å². The van der Waals surface area contributed by atoms with E-state index in [0.717, 1.165) is 25.3 Å². The Kier molecular flexibility index (Phi) is 5.63. The zero-order valence-corrected chi connectivity index (χ0v) is 12.4. The van der Waals surface area contributed by atoms with E-state index in [4.69, 9.17) is 4.74 Å². The quantitative estimate of drug-likeness (QED) is 0.773. The minimum Gasteiger partial charge on any atom is -0.494 e. The molecule has 0 heterocycles. The monoisotopic (exact) mass is 269 g/mol. The fourth-order valence-corrected chi connectivity index (χ4v) is 2.20. The van der Waals surface area contributed by atoms with Gasteiger partial charge < -0.3 is 10.1 Å². The Morgan fingerprint density at radius 3 is 2.50 bits per heavy atom. The second kappa shape index (κ2) is 7.71. The maximum absolute atomic E-state index is 5.44. The van der Waals surface area contributed by atoms with Crippen molar-refractivity contribution < 1.29 is 4.74 Å². The maximum Gasteiger partial charge on any atom is 0.119 e. The fraction of sp³-hybridized carbons (Fsp3) is 0.333. The molecule has 0 amide bonds. The van der Waals surface area contributed by atoms with E-state index < -0.39 is 0 Å². The largest absolute Gasteiger partial charge is 0.494 e. The summed E-state index contributed by atoms with van der Waals surface area (Å²) in [6.45, 7) is 6.75. The van der Waals surface area contributed by atoms with E-state index in [2.05, 4.69) is 48.6 Å². The van der Waals surface area contributed by atoms with Crippen molar-refractivity contribution in [2.75, 3.05) is 13.2 Å². The molecule has 0 radical (unpaired) electrons. The minimum atomic E-state index is 0.716. The summed E-state index contributed by atoms with van der Waals surface area (Å²) in [7, 11) is 0. The van der Waals surface area contributed by atoms with Crippen LogP contribution >= 0.6 is 0 Å². The Bertz CT molecular complexity index is 519. The highest BCUT2D eigenvalue weighted by Crippen LogP contribution is 2.11. The van der Waals surface area contributed by atoms with Crippen LogP contribution in [0.1, 0.15) is 23.6 Å². The van der Waals surface area contributed by atoms with E-state index >= 15 is 0 Å². The first-order valence-corrected chi connectivity index (χ1v) is 7.26. The molecule has 2 nitrogen and oxygen atoms in total. The van der Waals surface area contributed by atoms with Crippen molar-refractivity contribution in [1.29, 1.82) is 0 Å². The summed E-state index contributed by atoms with van der Waals surface area (Å²) in [5, 5.41) is 3.48. The fourth-order valence-electron chi connectivity index (χ4n) is 2.20. The van der Waals surface area contributed by atoms with Gasteiger partial charge in [0.1, 0.15) is 5.75 Å². The topological polar surface area (TPSA) is 21.3 Å². The van der Waals surface area contributed by atoms with Crippen LogP contribution in [-0.4, -0.2) is 13.2 Å². The molecule has 0 spiro atoms. The first-order valence-electron chi connectivity index (χ1n) is 7.26. The summed E-state index contributed by atoms with van der Waals surface area (Å²) < 4.78 is 5.44. The van der Waals surface area contributed by atoms with Gasteiger partial charge in [-0.05, 0) is 50.1 Å². The second-order valence-corrected chi connectivity index (χ2v) is 4.99. The van der Waals surface area contributed by atoms with E-state index in [9.17, 15) is 0 Å². The molecule has 2 aromatic carbocycles. The zero-order chi connectivity index (χ0) is 14.2. The van der Waals surface area contributed by atoms with Gasteiger partial charge in [0.25, 0.3) is 0 Å². The molecular weight excluding hydrogens is 246 g/mol.